The maximum Gasteiger partial charge on any atom is 0.236 e. The average Bonchev–Trinajstić information content (AvgIpc) is 2.63. The molecule has 28 heavy (non-hydrogen) atoms. The molecule has 3 unspecified atom stereocenters. The van der Waals surface area contributed by atoms with E-state index in [0.717, 1.165) is 22.6 Å². The van der Waals surface area contributed by atoms with Crippen LogP contribution in [-0.2, 0) is 4.79 Å². The number of amides is 1. The molecule has 2 aromatic rings. The summed E-state index contributed by atoms with van der Waals surface area (Å²) in [6, 6.07) is 13.6. The number of thiocarbonyl (C=S) groups is 1. The Bertz CT molecular complexity index is 961. The van der Waals surface area contributed by atoms with Gasteiger partial charge in [0, 0.05) is 17.8 Å². The van der Waals surface area contributed by atoms with Crippen molar-refractivity contribution in [2.24, 2.45) is 5.92 Å². The fraction of sp³-hybridized carbons (Fsp3) is 0.364. The van der Waals surface area contributed by atoms with Crippen LogP contribution in [-0.4, -0.2) is 28.2 Å². The van der Waals surface area contributed by atoms with Gasteiger partial charge in [0.15, 0.2) is 10.8 Å². The number of nitrogens with one attached hydrogen (secondary N) is 2. The number of anilines is 1. The van der Waals surface area contributed by atoms with Crippen LogP contribution in [0.4, 0.5) is 5.69 Å². The number of carbonyl (C=O) groups is 1. The average molecular weight is 396 g/mol. The molecule has 2 aliphatic heterocycles. The Morgan fingerprint density at radius 2 is 2.04 bits per heavy atom. The van der Waals surface area contributed by atoms with Crippen molar-refractivity contribution in [3.8, 4) is 5.75 Å². The third-order valence-electron chi connectivity index (χ3n) is 5.78. The molecule has 2 N–H and O–H groups in total. The van der Waals surface area contributed by atoms with Gasteiger partial charge in [-0.2, -0.15) is 0 Å². The highest BCUT2D eigenvalue weighted by molar-refractivity contribution is 7.80. The standard InChI is InChI=1S/C22H25N3O2S/c1-5-25-21(28)24-19-15-8-6-7-9-17(15)27-22(25,4)18(19)20(26)23-16-11-10-13(2)12-14(16)3/h6-12,18-19H,5H2,1-4H3,(H,23,26)(H,24,28). The summed E-state index contributed by atoms with van der Waals surface area (Å²) >= 11 is 5.59. The number of fused-ring (bicyclic) bond motifs is 4. The van der Waals surface area contributed by atoms with Gasteiger partial charge < -0.3 is 20.3 Å². The molecule has 1 fully saturated rings. The van der Waals surface area contributed by atoms with E-state index in [1.807, 2.05) is 69.0 Å². The van der Waals surface area contributed by atoms with Crippen molar-refractivity contribution in [2.45, 2.75) is 39.5 Å². The summed E-state index contributed by atoms with van der Waals surface area (Å²) in [5, 5.41) is 7.12. The maximum atomic E-state index is 13.5. The van der Waals surface area contributed by atoms with E-state index in [4.69, 9.17) is 17.0 Å². The Morgan fingerprint density at radius 1 is 1.29 bits per heavy atom. The molecule has 2 bridgehead atoms. The molecule has 3 atom stereocenters. The summed E-state index contributed by atoms with van der Waals surface area (Å²) in [5.74, 6) is 0.246. The molecular formula is C22H25N3O2S. The number of para-hydroxylation sites is 1. The molecule has 5 nitrogen and oxygen atoms in total. The lowest BCUT2D eigenvalue weighted by molar-refractivity contribution is -0.148. The topological polar surface area (TPSA) is 53.6 Å². The minimum atomic E-state index is -0.862. The lowest BCUT2D eigenvalue weighted by atomic mass is 9.79. The van der Waals surface area contributed by atoms with Crippen LogP contribution in [0.15, 0.2) is 42.5 Å². The van der Waals surface area contributed by atoms with Crippen LogP contribution in [0.25, 0.3) is 0 Å². The monoisotopic (exact) mass is 395 g/mol. The molecule has 1 saturated heterocycles. The van der Waals surface area contributed by atoms with Gasteiger partial charge in [0.25, 0.3) is 0 Å². The van der Waals surface area contributed by atoms with Crippen LogP contribution < -0.4 is 15.4 Å². The second-order valence-corrected chi connectivity index (χ2v) is 8.04. The van der Waals surface area contributed by atoms with Crippen molar-refractivity contribution < 1.29 is 9.53 Å². The first-order valence-electron chi connectivity index (χ1n) is 9.59. The Balaban J connectivity index is 1.76. The number of nitrogens with zero attached hydrogens (tertiary/aromatic N) is 1. The molecule has 0 aliphatic carbocycles. The van der Waals surface area contributed by atoms with Gasteiger partial charge in [-0.3, -0.25) is 4.79 Å². The molecule has 2 aromatic carbocycles. The SMILES string of the molecule is CCN1C(=S)NC2c3ccccc3OC1(C)C2C(=O)Nc1ccc(C)cc1C. The number of carbonyl (C=O) groups excluding carboxylic acids is 1. The lowest BCUT2D eigenvalue weighted by Crippen LogP contribution is -2.71. The maximum absolute atomic E-state index is 13.5. The molecule has 6 heteroatoms. The number of ether oxygens (including phenoxy) is 1. The highest BCUT2D eigenvalue weighted by Crippen LogP contribution is 2.48. The van der Waals surface area contributed by atoms with Gasteiger partial charge in [-0.15, -0.1) is 0 Å². The first kappa shape index (κ1) is 18.7. The zero-order chi connectivity index (χ0) is 20.1. The third kappa shape index (κ3) is 2.83. The highest BCUT2D eigenvalue weighted by Gasteiger charge is 2.58. The Kier molecular flexibility index (Phi) is 4.54. The van der Waals surface area contributed by atoms with Gasteiger partial charge in [0.2, 0.25) is 5.91 Å². The van der Waals surface area contributed by atoms with Crippen LogP contribution >= 0.6 is 12.2 Å². The zero-order valence-electron chi connectivity index (χ0n) is 16.6. The lowest BCUT2D eigenvalue weighted by Gasteiger charge is -2.55. The van der Waals surface area contributed by atoms with Crippen molar-refractivity contribution in [1.29, 1.82) is 0 Å². The Morgan fingerprint density at radius 3 is 2.75 bits per heavy atom. The van der Waals surface area contributed by atoms with Crippen LogP contribution in [0, 0.1) is 19.8 Å². The summed E-state index contributed by atoms with van der Waals surface area (Å²) in [4.78, 5) is 15.5. The van der Waals surface area contributed by atoms with Crippen LogP contribution in [0.1, 0.15) is 36.6 Å². The molecule has 1 amide bonds. The van der Waals surface area contributed by atoms with Gasteiger partial charge in [-0.05, 0) is 57.6 Å². The second-order valence-electron chi connectivity index (χ2n) is 7.65. The minimum Gasteiger partial charge on any atom is -0.467 e. The molecule has 0 spiro atoms. The largest absolute Gasteiger partial charge is 0.467 e. The summed E-state index contributed by atoms with van der Waals surface area (Å²) < 4.78 is 6.42. The smallest absolute Gasteiger partial charge is 0.236 e. The zero-order valence-corrected chi connectivity index (χ0v) is 17.4. The van der Waals surface area contributed by atoms with Crippen LogP contribution in [0.2, 0.25) is 0 Å². The fourth-order valence-corrected chi connectivity index (χ4v) is 4.86. The predicted octanol–water partition coefficient (Wildman–Crippen LogP) is 3.92. The third-order valence-corrected chi connectivity index (χ3v) is 6.12. The van der Waals surface area contributed by atoms with Gasteiger partial charge in [0.1, 0.15) is 11.7 Å². The highest BCUT2D eigenvalue weighted by atomic mass is 32.1. The van der Waals surface area contributed by atoms with E-state index in [0.29, 0.717) is 11.7 Å². The van der Waals surface area contributed by atoms with E-state index >= 15 is 0 Å². The van der Waals surface area contributed by atoms with Crippen molar-refractivity contribution in [3.63, 3.8) is 0 Å². The van der Waals surface area contributed by atoms with Crippen molar-refractivity contribution in [1.82, 2.24) is 10.2 Å². The normalized spacial score (nSPS) is 25.4. The fourth-order valence-electron chi connectivity index (χ4n) is 4.42. The Hall–Kier alpha value is -2.60. The van der Waals surface area contributed by atoms with Crippen molar-refractivity contribution >= 4 is 28.9 Å². The molecule has 2 heterocycles. The first-order valence-corrected chi connectivity index (χ1v) is 10.00. The van der Waals surface area contributed by atoms with Gasteiger partial charge in [0.05, 0.1) is 6.04 Å². The summed E-state index contributed by atoms with van der Waals surface area (Å²) in [6.07, 6.45) is 0. The van der Waals surface area contributed by atoms with E-state index < -0.39 is 11.6 Å². The summed E-state index contributed by atoms with van der Waals surface area (Å²) in [7, 11) is 0. The number of aryl methyl sites for hydroxylation is 2. The van der Waals surface area contributed by atoms with Crippen molar-refractivity contribution in [3.05, 3.63) is 59.2 Å². The second kappa shape index (κ2) is 6.78. The molecule has 0 saturated carbocycles. The van der Waals surface area contributed by atoms with E-state index in [2.05, 4.69) is 16.7 Å². The van der Waals surface area contributed by atoms with E-state index in [1.54, 1.807) is 0 Å². The summed E-state index contributed by atoms with van der Waals surface area (Å²) in [5.41, 5.74) is 3.12. The minimum absolute atomic E-state index is 0.0811. The number of hydrogen-bond donors (Lipinski definition) is 2. The van der Waals surface area contributed by atoms with Crippen LogP contribution in [0.3, 0.4) is 0 Å². The molecule has 146 valence electrons. The van der Waals surface area contributed by atoms with Gasteiger partial charge in [-0.1, -0.05) is 35.9 Å². The Labute approximate surface area is 171 Å². The predicted molar refractivity (Wildman–Crippen MR) is 114 cm³/mol. The quantitative estimate of drug-likeness (QED) is 0.772. The van der Waals surface area contributed by atoms with Gasteiger partial charge >= 0.3 is 0 Å². The summed E-state index contributed by atoms with van der Waals surface area (Å²) in [6.45, 7) is 8.66. The molecular weight excluding hydrogens is 370 g/mol. The first-order chi connectivity index (χ1) is 13.3. The molecule has 4 rings (SSSR count). The number of hydrogen-bond acceptors (Lipinski definition) is 3. The number of rotatable bonds is 3. The van der Waals surface area contributed by atoms with E-state index in [1.165, 1.54) is 5.56 Å². The van der Waals surface area contributed by atoms with E-state index in [-0.39, 0.29) is 11.9 Å². The molecule has 0 aromatic heterocycles. The van der Waals surface area contributed by atoms with Crippen molar-refractivity contribution in [2.75, 3.05) is 11.9 Å². The number of benzene rings is 2. The molecule has 0 radical (unpaired) electrons. The van der Waals surface area contributed by atoms with Crippen LogP contribution in [0.5, 0.6) is 5.75 Å². The van der Waals surface area contributed by atoms with Gasteiger partial charge in [-0.25, -0.2) is 0 Å². The molecule has 2 aliphatic rings. The van der Waals surface area contributed by atoms with E-state index in [9.17, 15) is 4.79 Å².